The number of hydrogen-bond acceptors (Lipinski definition) is 4. The summed E-state index contributed by atoms with van der Waals surface area (Å²) in [5.74, 6) is -0.476. The SMILES string of the molecule is CCC(C(=O)NC(C)(C)C)N(Cc1cccc(C)c1)C(=O)CN(c1ccc(C(C)C)cc1)S(=O)(=O)c1ccc(C)cc1. The standard InChI is InChI=1S/C34H45N3O4S/c1-9-31(33(39)35-34(6,7)8)36(22-27-12-10-11-26(5)21-27)32(38)23-37(29-17-15-28(16-18-29)24(2)3)42(40,41)30-19-13-25(4)14-20-30/h10-21,24,31H,9,22-23H2,1-8H3,(H,35,39). The van der Waals surface area contributed by atoms with E-state index in [1.807, 2.05) is 77.9 Å². The molecule has 1 atom stereocenters. The van der Waals surface area contributed by atoms with Crippen molar-refractivity contribution in [3.05, 3.63) is 95.1 Å². The molecule has 0 saturated carbocycles. The number of rotatable bonds is 11. The number of anilines is 1. The van der Waals surface area contributed by atoms with Gasteiger partial charge in [0.2, 0.25) is 11.8 Å². The molecule has 0 bridgehead atoms. The van der Waals surface area contributed by atoms with Crippen LogP contribution < -0.4 is 9.62 Å². The molecule has 0 spiro atoms. The fraction of sp³-hybridized carbons (Fsp3) is 0.412. The van der Waals surface area contributed by atoms with E-state index in [1.54, 1.807) is 36.4 Å². The molecule has 0 saturated heterocycles. The Morgan fingerprint density at radius 1 is 0.881 bits per heavy atom. The summed E-state index contributed by atoms with van der Waals surface area (Å²) in [6.07, 6.45) is 0.368. The lowest BCUT2D eigenvalue weighted by Gasteiger charge is -2.35. The summed E-state index contributed by atoms with van der Waals surface area (Å²) < 4.78 is 29.3. The molecule has 7 nitrogen and oxygen atoms in total. The maximum absolute atomic E-state index is 14.2. The summed E-state index contributed by atoms with van der Waals surface area (Å²) in [6, 6.07) is 20.8. The predicted molar refractivity (Wildman–Crippen MR) is 170 cm³/mol. The van der Waals surface area contributed by atoms with Crippen LogP contribution in [0.3, 0.4) is 0 Å². The number of aryl methyl sites for hydroxylation is 2. The van der Waals surface area contributed by atoms with Gasteiger partial charge in [-0.3, -0.25) is 13.9 Å². The molecule has 0 aliphatic rings. The monoisotopic (exact) mass is 591 g/mol. The minimum absolute atomic E-state index is 0.0941. The number of sulfonamides is 1. The van der Waals surface area contributed by atoms with Crippen molar-refractivity contribution in [3.63, 3.8) is 0 Å². The van der Waals surface area contributed by atoms with E-state index in [2.05, 4.69) is 19.2 Å². The van der Waals surface area contributed by atoms with Crippen LogP contribution in [-0.4, -0.2) is 43.3 Å². The number of carbonyl (C=O) groups excluding carboxylic acids is 2. The molecule has 0 aliphatic carbocycles. The maximum Gasteiger partial charge on any atom is 0.264 e. The molecular weight excluding hydrogens is 546 g/mol. The van der Waals surface area contributed by atoms with Gasteiger partial charge in [-0.15, -0.1) is 0 Å². The van der Waals surface area contributed by atoms with Gasteiger partial charge in [0.25, 0.3) is 10.0 Å². The topological polar surface area (TPSA) is 86.8 Å². The van der Waals surface area contributed by atoms with Gasteiger partial charge in [-0.25, -0.2) is 8.42 Å². The molecule has 2 amide bonds. The molecule has 3 rings (SSSR count). The minimum Gasteiger partial charge on any atom is -0.350 e. The van der Waals surface area contributed by atoms with Crippen molar-refractivity contribution >= 4 is 27.5 Å². The lowest BCUT2D eigenvalue weighted by molar-refractivity contribution is -0.141. The minimum atomic E-state index is -4.11. The second-order valence-electron chi connectivity index (χ2n) is 12.2. The summed E-state index contributed by atoms with van der Waals surface area (Å²) in [6.45, 7) is 15.2. The Balaban J connectivity index is 2.09. The third kappa shape index (κ3) is 8.44. The molecule has 8 heteroatoms. The predicted octanol–water partition coefficient (Wildman–Crippen LogP) is 6.34. The van der Waals surface area contributed by atoms with Gasteiger partial charge in [0.15, 0.2) is 0 Å². The Hall–Kier alpha value is -3.65. The molecule has 1 N–H and O–H groups in total. The van der Waals surface area contributed by atoms with E-state index >= 15 is 0 Å². The third-order valence-electron chi connectivity index (χ3n) is 7.06. The van der Waals surface area contributed by atoms with Gasteiger partial charge in [0.1, 0.15) is 12.6 Å². The van der Waals surface area contributed by atoms with E-state index < -0.39 is 34.1 Å². The molecule has 0 radical (unpaired) electrons. The summed E-state index contributed by atoms with van der Waals surface area (Å²) >= 11 is 0. The fourth-order valence-corrected chi connectivity index (χ4v) is 6.19. The Kier molecular flexibility index (Phi) is 10.6. The van der Waals surface area contributed by atoms with Crippen LogP contribution in [0.15, 0.2) is 77.7 Å². The Bertz CT molecular complexity index is 1470. The number of nitrogens with one attached hydrogen (secondary N) is 1. The van der Waals surface area contributed by atoms with E-state index in [4.69, 9.17) is 0 Å². The zero-order chi connectivity index (χ0) is 31.2. The van der Waals surface area contributed by atoms with Gasteiger partial charge in [-0.05, 0) is 82.3 Å². The van der Waals surface area contributed by atoms with Crippen LogP contribution in [-0.2, 0) is 26.2 Å². The van der Waals surface area contributed by atoms with Gasteiger partial charge in [0, 0.05) is 12.1 Å². The molecule has 42 heavy (non-hydrogen) atoms. The van der Waals surface area contributed by atoms with Gasteiger partial charge in [-0.2, -0.15) is 0 Å². The Morgan fingerprint density at radius 2 is 1.50 bits per heavy atom. The molecule has 0 aromatic heterocycles. The quantitative estimate of drug-likeness (QED) is 0.282. The fourth-order valence-electron chi connectivity index (χ4n) is 4.77. The maximum atomic E-state index is 14.2. The summed E-state index contributed by atoms with van der Waals surface area (Å²) in [5, 5.41) is 3.00. The average molecular weight is 592 g/mol. The number of nitrogens with zero attached hydrogens (tertiary/aromatic N) is 2. The van der Waals surface area contributed by atoms with Crippen molar-refractivity contribution in [2.24, 2.45) is 0 Å². The number of carbonyl (C=O) groups is 2. The second kappa shape index (κ2) is 13.6. The van der Waals surface area contributed by atoms with Crippen LogP contribution in [0.4, 0.5) is 5.69 Å². The number of amides is 2. The van der Waals surface area contributed by atoms with Crippen LogP contribution in [0.1, 0.15) is 76.1 Å². The molecule has 226 valence electrons. The lowest BCUT2D eigenvalue weighted by Crippen LogP contribution is -2.55. The molecule has 1 unspecified atom stereocenters. The summed E-state index contributed by atoms with van der Waals surface area (Å²) in [5.41, 5.74) is 3.76. The summed E-state index contributed by atoms with van der Waals surface area (Å²) in [7, 11) is -4.11. The molecule has 0 aliphatic heterocycles. The Labute approximate surface area is 252 Å². The molecule has 3 aromatic carbocycles. The van der Waals surface area contributed by atoms with Gasteiger partial charge >= 0.3 is 0 Å². The highest BCUT2D eigenvalue weighted by atomic mass is 32.2. The van der Waals surface area contributed by atoms with Crippen LogP contribution in [0, 0.1) is 13.8 Å². The first-order valence-corrected chi connectivity index (χ1v) is 15.9. The first kappa shape index (κ1) is 32.9. The van der Waals surface area contributed by atoms with Crippen molar-refractivity contribution in [2.75, 3.05) is 10.8 Å². The van der Waals surface area contributed by atoms with Gasteiger partial charge < -0.3 is 10.2 Å². The van der Waals surface area contributed by atoms with Crippen LogP contribution in [0.25, 0.3) is 0 Å². The highest BCUT2D eigenvalue weighted by Gasteiger charge is 2.34. The van der Waals surface area contributed by atoms with Crippen molar-refractivity contribution in [1.29, 1.82) is 0 Å². The highest BCUT2D eigenvalue weighted by Crippen LogP contribution is 2.27. The van der Waals surface area contributed by atoms with Crippen LogP contribution in [0.2, 0.25) is 0 Å². The van der Waals surface area contributed by atoms with Crippen molar-refractivity contribution in [2.45, 2.75) is 90.7 Å². The smallest absolute Gasteiger partial charge is 0.264 e. The lowest BCUT2D eigenvalue weighted by atomic mass is 10.0. The number of hydrogen-bond donors (Lipinski definition) is 1. The van der Waals surface area contributed by atoms with E-state index in [-0.39, 0.29) is 23.3 Å². The van der Waals surface area contributed by atoms with Crippen LogP contribution in [0.5, 0.6) is 0 Å². The van der Waals surface area contributed by atoms with E-state index in [0.717, 1.165) is 26.6 Å². The zero-order valence-electron chi connectivity index (χ0n) is 26.1. The van der Waals surface area contributed by atoms with Gasteiger partial charge in [0.05, 0.1) is 10.6 Å². The third-order valence-corrected chi connectivity index (χ3v) is 8.84. The highest BCUT2D eigenvalue weighted by molar-refractivity contribution is 7.92. The van der Waals surface area contributed by atoms with E-state index in [0.29, 0.717) is 12.1 Å². The molecule has 0 fully saturated rings. The average Bonchev–Trinajstić information content (AvgIpc) is 2.90. The molecular formula is C34H45N3O4S. The zero-order valence-corrected chi connectivity index (χ0v) is 27.0. The first-order chi connectivity index (χ1) is 19.6. The molecule has 3 aromatic rings. The van der Waals surface area contributed by atoms with Crippen molar-refractivity contribution in [1.82, 2.24) is 10.2 Å². The van der Waals surface area contributed by atoms with Crippen LogP contribution >= 0.6 is 0 Å². The van der Waals surface area contributed by atoms with Crippen molar-refractivity contribution in [3.8, 4) is 0 Å². The van der Waals surface area contributed by atoms with Crippen molar-refractivity contribution < 1.29 is 18.0 Å². The second-order valence-corrected chi connectivity index (χ2v) is 14.1. The molecule has 0 heterocycles. The summed E-state index contributed by atoms with van der Waals surface area (Å²) in [4.78, 5) is 29.3. The first-order valence-electron chi connectivity index (χ1n) is 14.5. The Morgan fingerprint density at radius 3 is 2.02 bits per heavy atom. The normalized spacial score (nSPS) is 12.6. The number of benzene rings is 3. The van der Waals surface area contributed by atoms with E-state index in [1.165, 1.54) is 4.90 Å². The van der Waals surface area contributed by atoms with E-state index in [9.17, 15) is 18.0 Å². The van der Waals surface area contributed by atoms with Gasteiger partial charge in [-0.1, -0.05) is 80.4 Å². The largest absolute Gasteiger partial charge is 0.350 e.